The van der Waals surface area contributed by atoms with E-state index in [1.807, 2.05) is 29.0 Å². The highest BCUT2D eigenvalue weighted by molar-refractivity contribution is 5.85. The number of hydrogen-bond donors (Lipinski definition) is 1. The standard InChI is InChI=1S/C21H31N5O2/c1-24-11-5-21(20(24)28)6-12-26(13-7-21)19(27)17-3-9-25(10-4-17)15-16-2-8-23-18(22)14-16/h2,8,14,17H,3-7,9-13,15H2,1H3,(H2,22,23). The fourth-order valence-electron chi connectivity index (χ4n) is 5.06. The second-order valence-corrected chi connectivity index (χ2v) is 8.72. The van der Waals surface area contributed by atoms with E-state index in [0.29, 0.717) is 11.7 Å². The van der Waals surface area contributed by atoms with E-state index in [2.05, 4.69) is 9.88 Å². The van der Waals surface area contributed by atoms with Crippen LogP contribution in [0.3, 0.4) is 0 Å². The number of carbonyl (C=O) groups is 2. The van der Waals surface area contributed by atoms with Gasteiger partial charge in [0.2, 0.25) is 11.8 Å². The molecule has 0 unspecified atom stereocenters. The second kappa shape index (κ2) is 7.70. The first-order valence-corrected chi connectivity index (χ1v) is 10.4. The van der Waals surface area contributed by atoms with Crippen LogP contribution < -0.4 is 5.73 Å². The second-order valence-electron chi connectivity index (χ2n) is 8.72. The first kappa shape index (κ1) is 19.2. The monoisotopic (exact) mass is 385 g/mol. The van der Waals surface area contributed by atoms with Gasteiger partial charge in [-0.1, -0.05) is 0 Å². The molecule has 4 rings (SSSR count). The van der Waals surface area contributed by atoms with Crippen molar-refractivity contribution in [2.75, 3.05) is 45.5 Å². The van der Waals surface area contributed by atoms with E-state index < -0.39 is 0 Å². The normalized spacial score (nSPS) is 23.5. The summed E-state index contributed by atoms with van der Waals surface area (Å²) >= 11 is 0. The van der Waals surface area contributed by atoms with Gasteiger partial charge in [-0.2, -0.15) is 0 Å². The fourth-order valence-corrected chi connectivity index (χ4v) is 5.06. The van der Waals surface area contributed by atoms with Gasteiger partial charge in [0.15, 0.2) is 0 Å². The molecule has 1 spiro atoms. The molecule has 7 nitrogen and oxygen atoms in total. The van der Waals surface area contributed by atoms with E-state index in [4.69, 9.17) is 5.73 Å². The zero-order chi connectivity index (χ0) is 19.7. The summed E-state index contributed by atoms with van der Waals surface area (Å²) in [6, 6.07) is 3.92. The van der Waals surface area contributed by atoms with Gasteiger partial charge >= 0.3 is 0 Å². The van der Waals surface area contributed by atoms with Crippen LogP contribution in [0.5, 0.6) is 0 Å². The molecule has 1 aromatic heterocycles. The SMILES string of the molecule is CN1CCC2(CCN(C(=O)C3CCN(Cc4ccnc(N)c4)CC3)CC2)C1=O. The Morgan fingerprint density at radius 1 is 1.18 bits per heavy atom. The summed E-state index contributed by atoms with van der Waals surface area (Å²) in [5.74, 6) is 1.25. The zero-order valence-electron chi connectivity index (χ0n) is 16.8. The predicted molar refractivity (Wildman–Crippen MR) is 107 cm³/mol. The Kier molecular flexibility index (Phi) is 5.27. The van der Waals surface area contributed by atoms with Crippen LogP contribution >= 0.6 is 0 Å². The third-order valence-electron chi connectivity index (χ3n) is 6.95. The highest BCUT2D eigenvalue weighted by Crippen LogP contribution is 2.41. The highest BCUT2D eigenvalue weighted by Gasteiger charge is 2.47. The molecule has 152 valence electrons. The summed E-state index contributed by atoms with van der Waals surface area (Å²) in [5.41, 5.74) is 6.74. The van der Waals surface area contributed by atoms with Crippen LogP contribution in [0.25, 0.3) is 0 Å². The predicted octanol–water partition coefficient (Wildman–Crippen LogP) is 1.35. The number of pyridine rings is 1. The number of carbonyl (C=O) groups excluding carboxylic acids is 2. The van der Waals surface area contributed by atoms with Crippen molar-refractivity contribution in [1.29, 1.82) is 0 Å². The minimum absolute atomic E-state index is 0.120. The van der Waals surface area contributed by atoms with E-state index in [1.54, 1.807) is 6.20 Å². The molecule has 0 aliphatic carbocycles. The lowest BCUT2D eigenvalue weighted by molar-refractivity contribution is -0.145. The van der Waals surface area contributed by atoms with Gasteiger partial charge in [-0.3, -0.25) is 14.5 Å². The number of amides is 2. The maximum atomic E-state index is 13.0. The number of anilines is 1. The first-order valence-electron chi connectivity index (χ1n) is 10.4. The summed E-state index contributed by atoms with van der Waals surface area (Å²) in [4.78, 5) is 35.8. The lowest BCUT2D eigenvalue weighted by Gasteiger charge is -2.40. The molecule has 0 saturated carbocycles. The maximum Gasteiger partial charge on any atom is 0.228 e. The van der Waals surface area contributed by atoms with E-state index in [1.165, 1.54) is 5.56 Å². The van der Waals surface area contributed by atoms with Crippen LogP contribution in [0, 0.1) is 11.3 Å². The average Bonchev–Trinajstić information content (AvgIpc) is 2.97. The third-order valence-corrected chi connectivity index (χ3v) is 6.95. The molecule has 4 heterocycles. The average molecular weight is 386 g/mol. The van der Waals surface area contributed by atoms with Crippen LogP contribution in [-0.4, -0.2) is 71.3 Å². The van der Waals surface area contributed by atoms with Crippen LogP contribution in [0.15, 0.2) is 18.3 Å². The van der Waals surface area contributed by atoms with Crippen molar-refractivity contribution in [3.8, 4) is 0 Å². The fraction of sp³-hybridized carbons (Fsp3) is 0.667. The molecule has 2 N–H and O–H groups in total. The van der Waals surface area contributed by atoms with Crippen molar-refractivity contribution in [2.45, 2.75) is 38.6 Å². The lowest BCUT2D eigenvalue weighted by atomic mass is 9.76. The van der Waals surface area contributed by atoms with Crippen molar-refractivity contribution < 1.29 is 9.59 Å². The minimum Gasteiger partial charge on any atom is -0.384 e. The molecular formula is C21H31N5O2. The number of piperidine rings is 2. The van der Waals surface area contributed by atoms with E-state index >= 15 is 0 Å². The Morgan fingerprint density at radius 2 is 1.86 bits per heavy atom. The van der Waals surface area contributed by atoms with Crippen molar-refractivity contribution in [3.63, 3.8) is 0 Å². The van der Waals surface area contributed by atoms with Gasteiger partial charge < -0.3 is 15.5 Å². The number of nitrogens with zero attached hydrogens (tertiary/aromatic N) is 4. The summed E-state index contributed by atoms with van der Waals surface area (Å²) in [6.07, 6.45) is 6.15. The Balaban J connectivity index is 1.26. The molecule has 3 saturated heterocycles. The molecule has 0 aromatic carbocycles. The third kappa shape index (κ3) is 3.72. The van der Waals surface area contributed by atoms with E-state index in [0.717, 1.165) is 71.4 Å². The van der Waals surface area contributed by atoms with Crippen molar-refractivity contribution in [2.24, 2.45) is 11.3 Å². The Bertz CT molecular complexity index is 736. The molecule has 0 radical (unpaired) electrons. The Morgan fingerprint density at radius 3 is 2.46 bits per heavy atom. The van der Waals surface area contributed by atoms with Crippen LogP contribution in [-0.2, 0) is 16.1 Å². The molecule has 3 fully saturated rings. The molecule has 0 bridgehead atoms. The summed E-state index contributed by atoms with van der Waals surface area (Å²) in [6.45, 7) is 5.03. The number of nitrogens with two attached hydrogens (primary N) is 1. The highest BCUT2D eigenvalue weighted by atomic mass is 16.2. The summed E-state index contributed by atoms with van der Waals surface area (Å²) in [7, 11) is 1.89. The molecule has 1 aromatic rings. The van der Waals surface area contributed by atoms with Crippen LogP contribution in [0.2, 0.25) is 0 Å². The largest absolute Gasteiger partial charge is 0.384 e. The molecule has 3 aliphatic rings. The van der Waals surface area contributed by atoms with Gasteiger partial charge in [-0.15, -0.1) is 0 Å². The van der Waals surface area contributed by atoms with Gasteiger partial charge in [0.1, 0.15) is 5.82 Å². The first-order chi connectivity index (χ1) is 13.5. The summed E-state index contributed by atoms with van der Waals surface area (Å²) in [5, 5.41) is 0. The van der Waals surface area contributed by atoms with E-state index in [-0.39, 0.29) is 17.2 Å². The molecule has 7 heteroatoms. The number of rotatable bonds is 3. The maximum absolute atomic E-state index is 13.0. The number of hydrogen-bond acceptors (Lipinski definition) is 5. The number of nitrogen functional groups attached to an aromatic ring is 1. The van der Waals surface area contributed by atoms with Crippen LogP contribution in [0.4, 0.5) is 5.82 Å². The number of aromatic nitrogens is 1. The Labute approximate surface area is 166 Å². The van der Waals surface area contributed by atoms with Gasteiger partial charge in [0.25, 0.3) is 0 Å². The zero-order valence-corrected chi connectivity index (χ0v) is 16.8. The van der Waals surface area contributed by atoms with Gasteiger partial charge in [-0.05, 0) is 62.9 Å². The number of likely N-dealkylation sites (tertiary alicyclic amines) is 3. The topological polar surface area (TPSA) is 82.8 Å². The lowest BCUT2D eigenvalue weighted by Crippen LogP contribution is -2.49. The Hall–Kier alpha value is -2.15. The molecule has 28 heavy (non-hydrogen) atoms. The quantitative estimate of drug-likeness (QED) is 0.849. The molecular weight excluding hydrogens is 354 g/mol. The summed E-state index contributed by atoms with van der Waals surface area (Å²) < 4.78 is 0. The molecule has 0 atom stereocenters. The molecule has 3 aliphatic heterocycles. The minimum atomic E-state index is -0.193. The van der Waals surface area contributed by atoms with Gasteiger partial charge in [0, 0.05) is 45.3 Å². The van der Waals surface area contributed by atoms with E-state index in [9.17, 15) is 9.59 Å². The van der Waals surface area contributed by atoms with Gasteiger partial charge in [0.05, 0.1) is 5.41 Å². The molecule has 2 amide bonds. The van der Waals surface area contributed by atoms with Crippen molar-refractivity contribution >= 4 is 17.6 Å². The smallest absolute Gasteiger partial charge is 0.228 e. The van der Waals surface area contributed by atoms with Crippen molar-refractivity contribution in [1.82, 2.24) is 19.7 Å². The van der Waals surface area contributed by atoms with Gasteiger partial charge in [-0.25, -0.2) is 4.98 Å². The van der Waals surface area contributed by atoms with Crippen molar-refractivity contribution in [3.05, 3.63) is 23.9 Å². The van der Waals surface area contributed by atoms with Crippen LogP contribution in [0.1, 0.15) is 37.7 Å².